The summed E-state index contributed by atoms with van der Waals surface area (Å²) in [6.07, 6.45) is 7.58. The van der Waals surface area contributed by atoms with Crippen LogP contribution in [0.2, 0.25) is 0 Å². The van der Waals surface area contributed by atoms with Crippen molar-refractivity contribution in [2.45, 2.75) is 64.2 Å². The molecule has 42 heavy (non-hydrogen) atoms. The van der Waals surface area contributed by atoms with Gasteiger partial charge in [-0.1, -0.05) is 74.2 Å². The van der Waals surface area contributed by atoms with Gasteiger partial charge >= 0.3 is 11.9 Å². The third-order valence-corrected chi connectivity index (χ3v) is 7.76. The lowest BCUT2D eigenvalue weighted by molar-refractivity contribution is -0.135. The van der Waals surface area contributed by atoms with Crippen LogP contribution >= 0.6 is 0 Å². The molecule has 0 bridgehead atoms. The maximum absolute atomic E-state index is 12.5. The zero-order valence-electron chi connectivity index (χ0n) is 23.6. The molecule has 0 saturated heterocycles. The van der Waals surface area contributed by atoms with Crippen molar-refractivity contribution in [1.29, 1.82) is 0 Å². The van der Waals surface area contributed by atoms with Gasteiger partial charge in [-0.15, -0.1) is 0 Å². The van der Waals surface area contributed by atoms with Gasteiger partial charge in [-0.25, -0.2) is 0 Å². The Balaban J connectivity index is 0.869. The van der Waals surface area contributed by atoms with Gasteiger partial charge in [0.2, 0.25) is 0 Å². The van der Waals surface area contributed by atoms with E-state index in [2.05, 4.69) is 0 Å². The van der Waals surface area contributed by atoms with E-state index in [-0.39, 0.29) is 11.9 Å². The van der Waals surface area contributed by atoms with Gasteiger partial charge in [-0.2, -0.15) is 0 Å². The Hall–Kier alpha value is -4.58. The van der Waals surface area contributed by atoms with Crippen LogP contribution in [0.4, 0.5) is 0 Å². The summed E-state index contributed by atoms with van der Waals surface area (Å²) < 4.78 is 23.4. The van der Waals surface area contributed by atoms with Crippen molar-refractivity contribution in [2.24, 2.45) is 0 Å². The number of unbranched alkanes of at least 4 members (excludes halogenated alkanes) is 5. The van der Waals surface area contributed by atoms with Crippen molar-refractivity contribution in [3.8, 4) is 34.5 Å². The second kappa shape index (κ2) is 12.9. The van der Waals surface area contributed by atoms with E-state index in [1.807, 2.05) is 84.9 Å². The van der Waals surface area contributed by atoms with Gasteiger partial charge in [-0.3, -0.25) is 9.59 Å². The molecule has 0 aromatic heterocycles. The first-order valence-electron chi connectivity index (χ1n) is 14.8. The molecule has 2 aliphatic heterocycles. The topological polar surface area (TPSA) is 71.1 Å². The quantitative estimate of drug-likeness (QED) is 0.0893. The van der Waals surface area contributed by atoms with E-state index in [9.17, 15) is 9.59 Å². The van der Waals surface area contributed by atoms with Crippen molar-refractivity contribution < 1.29 is 28.5 Å². The molecule has 6 nitrogen and oxygen atoms in total. The summed E-state index contributed by atoms with van der Waals surface area (Å²) in [7, 11) is 0. The summed E-state index contributed by atoms with van der Waals surface area (Å²) >= 11 is 0. The van der Waals surface area contributed by atoms with E-state index < -0.39 is 0 Å². The number of carbonyl (C=O) groups is 2. The normalized spacial score (nSPS) is 12.5. The molecule has 0 radical (unpaired) electrons. The van der Waals surface area contributed by atoms with Gasteiger partial charge in [0.1, 0.15) is 34.5 Å². The van der Waals surface area contributed by atoms with Crippen LogP contribution < -0.4 is 18.9 Å². The minimum Gasteiger partial charge on any atom is -0.457 e. The largest absolute Gasteiger partial charge is 0.457 e. The van der Waals surface area contributed by atoms with Gasteiger partial charge in [0.05, 0.1) is 0 Å². The first-order valence-corrected chi connectivity index (χ1v) is 14.8. The summed E-state index contributed by atoms with van der Waals surface area (Å²) in [5.74, 6) is 3.89. The lowest BCUT2D eigenvalue weighted by Crippen LogP contribution is -2.11. The van der Waals surface area contributed by atoms with E-state index in [1.165, 1.54) is 0 Å². The molecule has 0 fully saturated rings. The highest BCUT2D eigenvalue weighted by atomic mass is 16.5. The standard InChI is InChI=1S/C36H34O6/c37-35(41-33-19-11-17-31-27(33)23-25-13-7-9-15-29(25)39-31)21-5-3-1-2-4-6-22-36(38)42-34-20-12-18-32-28(34)24-26-14-8-10-16-30(26)40-32/h7-20H,1-6,21-24H2. The van der Waals surface area contributed by atoms with Gasteiger partial charge in [0.25, 0.3) is 0 Å². The first-order chi connectivity index (χ1) is 20.6. The number of esters is 2. The van der Waals surface area contributed by atoms with E-state index in [1.54, 1.807) is 0 Å². The van der Waals surface area contributed by atoms with Crippen LogP contribution in [-0.2, 0) is 22.4 Å². The van der Waals surface area contributed by atoms with E-state index >= 15 is 0 Å². The number of rotatable bonds is 11. The molecule has 2 heterocycles. The first kappa shape index (κ1) is 27.6. The molecule has 0 spiro atoms. The highest BCUT2D eigenvalue weighted by Crippen LogP contribution is 2.42. The van der Waals surface area contributed by atoms with E-state index in [0.29, 0.717) is 37.2 Å². The molecule has 214 valence electrons. The van der Waals surface area contributed by atoms with Crippen molar-refractivity contribution in [3.63, 3.8) is 0 Å². The van der Waals surface area contributed by atoms with E-state index in [0.717, 1.165) is 83.8 Å². The summed E-state index contributed by atoms with van der Waals surface area (Å²) in [4.78, 5) is 25.1. The Morgan fingerprint density at radius 2 is 0.905 bits per heavy atom. The fraction of sp³-hybridized carbons (Fsp3) is 0.278. The maximum Gasteiger partial charge on any atom is 0.311 e. The number of ether oxygens (including phenoxy) is 4. The highest BCUT2D eigenvalue weighted by Gasteiger charge is 2.22. The molecule has 2 aliphatic rings. The number of para-hydroxylation sites is 2. The van der Waals surface area contributed by atoms with E-state index in [4.69, 9.17) is 18.9 Å². The summed E-state index contributed by atoms with van der Waals surface area (Å²) in [6, 6.07) is 27.0. The number of carbonyl (C=O) groups excluding carboxylic acids is 2. The van der Waals surface area contributed by atoms with Crippen LogP contribution in [0.25, 0.3) is 0 Å². The Morgan fingerprint density at radius 1 is 0.500 bits per heavy atom. The number of hydrogen-bond acceptors (Lipinski definition) is 6. The van der Waals surface area contributed by atoms with Crippen molar-refractivity contribution in [2.75, 3.05) is 0 Å². The summed E-state index contributed by atoms with van der Waals surface area (Å²) in [5, 5.41) is 0. The molecular formula is C36H34O6. The molecule has 4 aromatic carbocycles. The van der Waals surface area contributed by atoms with Gasteiger partial charge in [0, 0.05) is 36.8 Å². The van der Waals surface area contributed by atoms with Crippen LogP contribution in [0.1, 0.15) is 73.6 Å². The summed E-state index contributed by atoms with van der Waals surface area (Å²) in [6.45, 7) is 0. The fourth-order valence-electron chi connectivity index (χ4n) is 5.53. The SMILES string of the molecule is O=C(CCCCCCCCC(=O)Oc1cccc2c1Cc1ccccc1O2)Oc1cccc2c1Cc1ccccc1O2. The van der Waals surface area contributed by atoms with Crippen molar-refractivity contribution in [3.05, 3.63) is 107 Å². The predicted molar refractivity (Wildman–Crippen MR) is 160 cm³/mol. The molecule has 0 atom stereocenters. The zero-order chi connectivity index (χ0) is 28.7. The fourth-order valence-corrected chi connectivity index (χ4v) is 5.53. The second-order valence-corrected chi connectivity index (χ2v) is 10.8. The molecule has 0 N–H and O–H groups in total. The lowest BCUT2D eigenvalue weighted by atomic mass is 9.99. The van der Waals surface area contributed by atoms with Crippen LogP contribution in [0.15, 0.2) is 84.9 Å². The molecule has 0 amide bonds. The number of hydrogen-bond donors (Lipinski definition) is 0. The molecule has 6 rings (SSSR count). The molecule has 6 heteroatoms. The zero-order valence-corrected chi connectivity index (χ0v) is 23.6. The molecule has 4 aromatic rings. The maximum atomic E-state index is 12.5. The Labute approximate surface area is 246 Å². The van der Waals surface area contributed by atoms with Gasteiger partial charge < -0.3 is 18.9 Å². The van der Waals surface area contributed by atoms with Gasteiger partial charge in [0.15, 0.2) is 0 Å². The molecular weight excluding hydrogens is 528 g/mol. The molecule has 0 unspecified atom stereocenters. The monoisotopic (exact) mass is 562 g/mol. The van der Waals surface area contributed by atoms with Crippen LogP contribution in [0.3, 0.4) is 0 Å². The predicted octanol–water partition coefficient (Wildman–Crippen LogP) is 8.71. The third-order valence-electron chi connectivity index (χ3n) is 7.76. The Morgan fingerprint density at radius 3 is 1.38 bits per heavy atom. The molecule has 0 aliphatic carbocycles. The lowest BCUT2D eigenvalue weighted by Gasteiger charge is -2.22. The third kappa shape index (κ3) is 6.49. The minimum atomic E-state index is -0.220. The van der Waals surface area contributed by atoms with Crippen LogP contribution in [0, 0.1) is 0 Å². The number of benzene rings is 4. The number of fused-ring (bicyclic) bond motifs is 4. The highest BCUT2D eigenvalue weighted by molar-refractivity contribution is 5.74. The average molecular weight is 563 g/mol. The van der Waals surface area contributed by atoms with Crippen molar-refractivity contribution >= 4 is 11.9 Å². The summed E-state index contributed by atoms with van der Waals surface area (Å²) in [5.41, 5.74) is 3.99. The molecule has 0 saturated carbocycles. The smallest absolute Gasteiger partial charge is 0.311 e. The second-order valence-electron chi connectivity index (χ2n) is 10.8. The van der Waals surface area contributed by atoms with Gasteiger partial charge in [-0.05, 0) is 60.4 Å². The minimum absolute atomic E-state index is 0.220. The van der Waals surface area contributed by atoms with Crippen LogP contribution in [0.5, 0.6) is 34.5 Å². The van der Waals surface area contributed by atoms with Crippen molar-refractivity contribution in [1.82, 2.24) is 0 Å². The average Bonchev–Trinajstić information content (AvgIpc) is 3.01. The van der Waals surface area contributed by atoms with Crippen LogP contribution in [-0.4, -0.2) is 11.9 Å². The Kier molecular flexibility index (Phi) is 8.50. The Bertz CT molecular complexity index is 1470.